The van der Waals surface area contributed by atoms with Crippen LogP contribution < -0.4 is 9.46 Å². The van der Waals surface area contributed by atoms with Crippen LogP contribution in [0.25, 0.3) is 0 Å². The molecule has 0 radical (unpaired) electrons. The third kappa shape index (κ3) is 6.53. The summed E-state index contributed by atoms with van der Waals surface area (Å²) in [6.07, 6.45) is 0. The Morgan fingerprint density at radius 2 is 1.96 bits per heavy atom. The first-order valence-corrected chi connectivity index (χ1v) is 10.2. The van der Waals surface area contributed by atoms with Gasteiger partial charge in [-0.15, -0.1) is 5.92 Å². The summed E-state index contributed by atoms with van der Waals surface area (Å²) in [6.45, 7) is 4.97. The molecule has 0 saturated heterocycles. The molecule has 1 rings (SSSR count). The molecule has 0 aliphatic carbocycles. The van der Waals surface area contributed by atoms with E-state index < -0.39 is 26.8 Å². The molecule has 9 heteroatoms. The van der Waals surface area contributed by atoms with Crippen LogP contribution in [0.3, 0.4) is 0 Å². The fourth-order valence-electron chi connectivity index (χ4n) is 2.01. The minimum atomic E-state index is -4.04. The van der Waals surface area contributed by atoms with E-state index in [0.717, 1.165) is 0 Å². The first-order chi connectivity index (χ1) is 12.1. The molecule has 1 aromatic carbocycles. The number of aliphatic hydroxyl groups is 1. The van der Waals surface area contributed by atoms with Crippen LogP contribution in [0.5, 0.6) is 5.75 Å². The molecular formula is C17H23NO6S2. The Balaban J connectivity index is 2.96. The SMILES string of the molecule is CC#CCOc1ccc(S(=O)(=O)NC(C(=O)O)C(C)(C)SCCO)cc1. The maximum Gasteiger partial charge on any atom is 0.323 e. The summed E-state index contributed by atoms with van der Waals surface area (Å²) in [5.74, 6) is 4.87. The predicted octanol–water partition coefficient (Wildman–Crippen LogP) is 1.32. The molecule has 0 heterocycles. The van der Waals surface area contributed by atoms with Crippen molar-refractivity contribution in [3.63, 3.8) is 0 Å². The zero-order valence-corrected chi connectivity index (χ0v) is 16.5. The van der Waals surface area contributed by atoms with Crippen molar-refractivity contribution in [1.82, 2.24) is 4.72 Å². The van der Waals surface area contributed by atoms with Gasteiger partial charge >= 0.3 is 5.97 Å². The fourth-order valence-corrected chi connectivity index (χ4v) is 4.37. The topological polar surface area (TPSA) is 113 Å². The van der Waals surface area contributed by atoms with Gasteiger partial charge in [0.15, 0.2) is 0 Å². The number of nitrogens with one attached hydrogen (secondary N) is 1. The third-order valence-corrected chi connectivity index (χ3v) is 6.21. The van der Waals surface area contributed by atoms with Gasteiger partial charge in [0.1, 0.15) is 18.4 Å². The number of rotatable bonds is 10. The summed E-state index contributed by atoms with van der Waals surface area (Å²) in [5.41, 5.74) is 0. The van der Waals surface area contributed by atoms with Crippen molar-refractivity contribution in [3.05, 3.63) is 24.3 Å². The predicted molar refractivity (Wildman–Crippen MR) is 101 cm³/mol. The average Bonchev–Trinajstić information content (AvgIpc) is 2.58. The molecule has 0 aromatic heterocycles. The lowest BCUT2D eigenvalue weighted by atomic mass is 10.1. The second-order valence-electron chi connectivity index (χ2n) is 5.75. The zero-order chi connectivity index (χ0) is 19.8. The Morgan fingerprint density at radius 1 is 1.35 bits per heavy atom. The van der Waals surface area contributed by atoms with Crippen LogP contribution in [0.2, 0.25) is 0 Å². The number of hydrogen-bond acceptors (Lipinski definition) is 6. The van der Waals surface area contributed by atoms with Crippen molar-refractivity contribution < 1.29 is 28.2 Å². The van der Waals surface area contributed by atoms with Gasteiger partial charge in [-0.3, -0.25) is 4.79 Å². The second-order valence-corrected chi connectivity index (χ2v) is 9.22. The van der Waals surface area contributed by atoms with Crippen LogP contribution in [0, 0.1) is 11.8 Å². The van der Waals surface area contributed by atoms with Crippen LogP contribution >= 0.6 is 11.8 Å². The van der Waals surface area contributed by atoms with Crippen molar-refractivity contribution in [2.75, 3.05) is 19.0 Å². The van der Waals surface area contributed by atoms with E-state index in [1.807, 2.05) is 0 Å². The number of carboxylic acids is 1. The number of aliphatic hydroxyl groups excluding tert-OH is 1. The Hall–Kier alpha value is -1.73. The smallest absolute Gasteiger partial charge is 0.323 e. The van der Waals surface area contributed by atoms with E-state index in [1.54, 1.807) is 20.8 Å². The molecule has 0 fully saturated rings. The number of sulfonamides is 1. The van der Waals surface area contributed by atoms with E-state index in [9.17, 15) is 18.3 Å². The van der Waals surface area contributed by atoms with Gasteiger partial charge in [-0.05, 0) is 45.0 Å². The van der Waals surface area contributed by atoms with Crippen molar-refractivity contribution in [1.29, 1.82) is 0 Å². The highest BCUT2D eigenvalue weighted by Crippen LogP contribution is 2.29. The molecule has 0 aliphatic rings. The minimum absolute atomic E-state index is 0.0689. The molecule has 0 spiro atoms. The van der Waals surface area contributed by atoms with Crippen LogP contribution in [-0.2, 0) is 14.8 Å². The molecule has 3 N–H and O–H groups in total. The summed E-state index contributed by atoms with van der Waals surface area (Å²) >= 11 is 1.17. The van der Waals surface area contributed by atoms with Gasteiger partial charge in [-0.25, -0.2) is 8.42 Å². The van der Waals surface area contributed by atoms with Gasteiger partial charge in [0.2, 0.25) is 10.0 Å². The number of hydrogen-bond donors (Lipinski definition) is 3. The van der Waals surface area contributed by atoms with Crippen LogP contribution in [-0.4, -0.2) is 54.4 Å². The van der Waals surface area contributed by atoms with Crippen molar-refractivity contribution in [3.8, 4) is 17.6 Å². The number of aliphatic carboxylic acids is 1. The average molecular weight is 402 g/mol. The number of carbonyl (C=O) groups is 1. The van der Waals surface area contributed by atoms with Crippen LogP contribution in [0.4, 0.5) is 0 Å². The van der Waals surface area contributed by atoms with Gasteiger partial charge < -0.3 is 14.9 Å². The number of thioether (sulfide) groups is 1. The standard InChI is InChI=1S/C17H23NO6S2/c1-4-5-11-24-13-6-8-14(9-7-13)26(22,23)18-15(16(20)21)17(2,3)25-12-10-19/h6-9,15,18-19H,10-12H2,1-3H3,(H,20,21). The van der Waals surface area contributed by atoms with Crippen molar-refractivity contribution in [2.24, 2.45) is 0 Å². The van der Waals surface area contributed by atoms with E-state index in [-0.39, 0.29) is 18.1 Å². The van der Waals surface area contributed by atoms with Gasteiger partial charge in [0, 0.05) is 10.5 Å². The van der Waals surface area contributed by atoms with Crippen molar-refractivity contribution in [2.45, 2.75) is 36.5 Å². The summed E-state index contributed by atoms with van der Waals surface area (Å²) in [7, 11) is -4.04. The molecule has 0 saturated carbocycles. The fraction of sp³-hybridized carbons (Fsp3) is 0.471. The monoisotopic (exact) mass is 401 g/mol. The Labute approximate surface area is 158 Å². The van der Waals surface area contributed by atoms with Gasteiger partial charge in [-0.2, -0.15) is 16.5 Å². The zero-order valence-electron chi connectivity index (χ0n) is 14.9. The second kappa shape index (κ2) is 9.83. The van der Waals surface area contributed by atoms with Crippen LogP contribution in [0.1, 0.15) is 20.8 Å². The van der Waals surface area contributed by atoms with E-state index in [1.165, 1.54) is 36.0 Å². The minimum Gasteiger partial charge on any atom is -0.481 e. The molecule has 0 bridgehead atoms. The van der Waals surface area contributed by atoms with Crippen molar-refractivity contribution >= 4 is 27.8 Å². The summed E-state index contributed by atoms with van der Waals surface area (Å²) in [4.78, 5) is 11.5. The van der Waals surface area contributed by atoms with E-state index in [2.05, 4.69) is 16.6 Å². The van der Waals surface area contributed by atoms with E-state index >= 15 is 0 Å². The number of ether oxygens (including phenoxy) is 1. The largest absolute Gasteiger partial charge is 0.481 e. The molecule has 144 valence electrons. The molecule has 0 amide bonds. The molecule has 0 aliphatic heterocycles. The first kappa shape index (κ1) is 22.3. The Bertz CT molecular complexity index is 763. The lowest BCUT2D eigenvalue weighted by molar-refractivity contribution is -0.139. The highest BCUT2D eigenvalue weighted by atomic mass is 32.2. The van der Waals surface area contributed by atoms with Gasteiger partial charge in [0.25, 0.3) is 0 Å². The normalized spacial score (nSPS) is 12.8. The molecule has 1 aromatic rings. The number of carboxylic acid groups (broad SMARTS) is 1. The maximum absolute atomic E-state index is 12.5. The van der Waals surface area contributed by atoms with Gasteiger partial charge in [0.05, 0.1) is 11.5 Å². The quantitative estimate of drug-likeness (QED) is 0.507. The highest BCUT2D eigenvalue weighted by Gasteiger charge is 2.39. The lowest BCUT2D eigenvalue weighted by Gasteiger charge is -2.31. The Kier molecular flexibility index (Phi) is 8.43. The maximum atomic E-state index is 12.5. The van der Waals surface area contributed by atoms with Crippen LogP contribution in [0.15, 0.2) is 29.2 Å². The Morgan fingerprint density at radius 3 is 2.46 bits per heavy atom. The highest BCUT2D eigenvalue weighted by molar-refractivity contribution is 8.00. The summed E-state index contributed by atoms with van der Waals surface area (Å²) in [5, 5.41) is 18.4. The molecule has 1 unspecified atom stereocenters. The summed E-state index contributed by atoms with van der Waals surface area (Å²) in [6, 6.07) is 4.27. The first-order valence-electron chi connectivity index (χ1n) is 7.76. The molecule has 7 nitrogen and oxygen atoms in total. The number of benzene rings is 1. The molecule has 26 heavy (non-hydrogen) atoms. The molecular weight excluding hydrogens is 378 g/mol. The summed E-state index contributed by atoms with van der Waals surface area (Å²) < 4.78 is 31.7. The third-order valence-electron chi connectivity index (χ3n) is 3.40. The van der Waals surface area contributed by atoms with E-state index in [4.69, 9.17) is 9.84 Å². The van der Waals surface area contributed by atoms with Gasteiger partial charge in [-0.1, -0.05) is 5.92 Å². The lowest BCUT2D eigenvalue weighted by Crippen LogP contribution is -2.52. The molecule has 1 atom stereocenters. The van der Waals surface area contributed by atoms with E-state index in [0.29, 0.717) is 11.5 Å².